The monoisotopic (exact) mass is 156 g/mol. The predicted molar refractivity (Wildman–Crippen MR) is 42.9 cm³/mol. The molecule has 0 fully saturated rings. The van der Waals surface area contributed by atoms with Gasteiger partial charge < -0.3 is 10.3 Å². The number of aromatic nitrogens is 1. The molecule has 0 saturated heterocycles. The Morgan fingerprint density at radius 3 is 3.00 bits per heavy atom. The fourth-order valence-electron chi connectivity index (χ4n) is 1.08. The van der Waals surface area contributed by atoms with Gasteiger partial charge in [-0.05, 0) is 19.1 Å². The summed E-state index contributed by atoms with van der Waals surface area (Å²) in [6.45, 7) is 2.42. The molecular formula is C8H13FN2. The number of halogens is 1. The smallest absolute Gasteiger partial charge is 0.115 e. The van der Waals surface area contributed by atoms with Gasteiger partial charge in [-0.3, -0.25) is 0 Å². The summed E-state index contributed by atoms with van der Waals surface area (Å²) >= 11 is 0. The largest absolute Gasteiger partial charge is 0.347 e. The number of rotatable bonds is 3. The molecule has 1 unspecified atom stereocenters. The molecular weight excluding hydrogens is 143 g/mol. The van der Waals surface area contributed by atoms with Gasteiger partial charge in [0.1, 0.15) is 6.17 Å². The van der Waals surface area contributed by atoms with Gasteiger partial charge in [0.05, 0.1) is 6.54 Å². The fraction of sp³-hybridized carbons (Fsp3) is 0.500. The zero-order valence-corrected chi connectivity index (χ0v) is 6.63. The van der Waals surface area contributed by atoms with Crippen molar-refractivity contribution in [3.05, 3.63) is 24.0 Å². The van der Waals surface area contributed by atoms with Crippen molar-refractivity contribution in [1.29, 1.82) is 0 Å². The van der Waals surface area contributed by atoms with Gasteiger partial charge in [-0.1, -0.05) is 0 Å². The number of alkyl halides is 1. The van der Waals surface area contributed by atoms with Crippen LogP contribution < -0.4 is 5.73 Å². The van der Waals surface area contributed by atoms with Crippen molar-refractivity contribution < 1.29 is 4.39 Å². The normalized spacial score (nSPS) is 13.4. The molecule has 0 aliphatic rings. The maximum Gasteiger partial charge on any atom is 0.115 e. The van der Waals surface area contributed by atoms with E-state index in [1.54, 1.807) is 6.92 Å². The van der Waals surface area contributed by atoms with E-state index in [1.165, 1.54) is 0 Å². The molecule has 0 amide bonds. The van der Waals surface area contributed by atoms with Crippen molar-refractivity contribution in [1.82, 2.24) is 4.57 Å². The van der Waals surface area contributed by atoms with Crippen LogP contribution in [0.3, 0.4) is 0 Å². The number of hydrogen-bond donors (Lipinski definition) is 1. The predicted octanol–water partition coefficient (Wildman–Crippen LogP) is 1.30. The Labute approximate surface area is 65.8 Å². The molecule has 1 aromatic rings. The van der Waals surface area contributed by atoms with E-state index in [2.05, 4.69) is 0 Å². The van der Waals surface area contributed by atoms with Crippen LogP contribution in [0.25, 0.3) is 0 Å². The van der Waals surface area contributed by atoms with E-state index < -0.39 is 6.17 Å². The third kappa shape index (κ3) is 2.05. The van der Waals surface area contributed by atoms with Gasteiger partial charge >= 0.3 is 0 Å². The van der Waals surface area contributed by atoms with Gasteiger partial charge in [0.15, 0.2) is 0 Å². The molecule has 1 rings (SSSR count). The highest BCUT2D eigenvalue weighted by Gasteiger charge is 2.02. The van der Waals surface area contributed by atoms with E-state index in [0.29, 0.717) is 13.1 Å². The highest BCUT2D eigenvalue weighted by Crippen LogP contribution is 2.03. The van der Waals surface area contributed by atoms with Crippen LogP contribution in [0, 0.1) is 0 Å². The van der Waals surface area contributed by atoms with Crippen molar-refractivity contribution in [3.8, 4) is 0 Å². The zero-order chi connectivity index (χ0) is 8.27. The Balaban J connectivity index is 2.68. The lowest BCUT2D eigenvalue weighted by Gasteiger charge is -2.07. The van der Waals surface area contributed by atoms with Crippen molar-refractivity contribution in [2.45, 2.75) is 26.2 Å². The minimum Gasteiger partial charge on any atom is -0.347 e. The Kier molecular flexibility index (Phi) is 2.65. The summed E-state index contributed by atoms with van der Waals surface area (Å²) in [6, 6.07) is 3.78. The third-order valence-electron chi connectivity index (χ3n) is 1.58. The molecule has 0 aliphatic heterocycles. The molecule has 1 atom stereocenters. The van der Waals surface area contributed by atoms with Gasteiger partial charge in [-0.25, -0.2) is 4.39 Å². The maximum absolute atomic E-state index is 12.5. The Morgan fingerprint density at radius 1 is 1.73 bits per heavy atom. The van der Waals surface area contributed by atoms with E-state index in [-0.39, 0.29) is 0 Å². The number of nitrogens with two attached hydrogens (primary N) is 1. The Morgan fingerprint density at radius 2 is 2.45 bits per heavy atom. The van der Waals surface area contributed by atoms with E-state index in [1.807, 2.05) is 22.9 Å². The average Bonchev–Trinajstić information content (AvgIpc) is 2.34. The highest BCUT2D eigenvalue weighted by atomic mass is 19.1. The first-order chi connectivity index (χ1) is 5.24. The molecule has 11 heavy (non-hydrogen) atoms. The number of hydrogen-bond acceptors (Lipinski definition) is 1. The molecule has 1 aromatic heterocycles. The topological polar surface area (TPSA) is 30.9 Å². The first-order valence-corrected chi connectivity index (χ1v) is 3.72. The molecule has 0 saturated carbocycles. The summed E-state index contributed by atoms with van der Waals surface area (Å²) in [7, 11) is 0. The SMILES string of the molecule is CC(F)Cn1cccc1CN. The quantitative estimate of drug-likeness (QED) is 0.702. The molecule has 0 bridgehead atoms. The van der Waals surface area contributed by atoms with E-state index >= 15 is 0 Å². The summed E-state index contributed by atoms with van der Waals surface area (Å²) in [4.78, 5) is 0. The van der Waals surface area contributed by atoms with E-state index in [0.717, 1.165) is 5.69 Å². The average molecular weight is 156 g/mol. The summed E-state index contributed by atoms with van der Waals surface area (Å²) < 4.78 is 14.4. The van der Waals surface area contributed by atoms with Crippen molar-refractivity contribution in [3.63, 3.8) is 0 Å². The lowest BCUT2D eigenvalue weighted by Crippen LogP contribution is -2.11. The van der Waals surface area contributed by atoms with Crippen LogP contribution in [-0.4, -0.2) is 10.7 Å². The van der Waals surface area contributed by atoms with Crippen molar-refractivity contribution in [2.75, 3.05) is 0 Å². The molecule has 2 N–H and O–H groups in total. The highest BCUT2D eigenvalue weighted by molar-refractivity contribution is 5.06. The molecule has 3 heteroatoms. The lowest BCUT2D eigenvalue weighted by atomic mass is 10.4. The first kappa shape index (κ1) is 8.27. The molecule has 0 aliphatic carbocycles. The standard InChI is InChI=1S/C8H13FN2/c1-7(9)6-11-4-2-3-8(11)5-10/h2-4,7H,5-6,10H2,1H3. The molecule has 0 spiro atoms. The summed E-state index contributed by atoms with van der Waals surface area (Å²) in [5, 5.41) is 0. The Hall–Kier alpha value is -0.830. The van der Waals surface area contributed by atoms with Gasteiger partial charge in [0.25, 0.3) is 0 Å². The second-order valence-corrected chi connectivity index (χ2v) is 2.64. The molecule has 0 radical (unpaired) electrons. The molecule has 2 nitrogen and oxygen atoms in total. The molecule has 1 heterocycles. The maximum atomic E-state index is 12.5. The second kappa shape index (κ2) is 3.53. The van der Waals surface area contributed by atoms with Gasteiger partial charge in [0.2, 0.25) is 0 Å². The van der Waals surface area contributed by atoms with Gasteiger partial charge in [0, 0.05) is 18.4 Å². The summed E-state index contributed by atoms with van der Waals surface area (Å²) in [5.74, 6) is 0. The van der Waals surface area contributed by atoms with Gasteiger partial charge in [-0.15, -0.1) is 0 Å². The summed E-state index contributed by atoms with van der Waals surface area (Å²) in [6.07, 6.45) is 1.03. The van der Waals surface area contributed by atoms with Gasteiger partial charge in [-0.2, -0.15) is 0 Å². The van der Waals surface area contributed by atoms with Crippen molar-refractivity contribution in [2.24, 2.45) is 5.73 Å². The van der Waals surface area contributed by atoms with Crippen LogP contribution in [0.4, 0.5) is 4.39 Å². The van der Waals surface area contributed by atoms with Crippen LogP contribution in [0.2, 0.25) is 0 Å². The summed E-state index contributed by atoms with van der Waals surface area (Å²) in [5.41, 5.74) is 6.41. The third-order valence-corrected chi connectivity index (χ3v) is 1.58. The van der Waals surface area contributed by atoms with Crippen LogP contribution in [-0.2, 0) is 13.1 Å². The zero-order valence-electron chi connectivity index (χ0n) is 6.63. The van der Waals surface area contributed by atoms with E-state index in [9.17, 15) is 4.39 Å². The minimum absolute atomic E-state index is 0.402. The minimum atomic E-state index is -0.812. The van der Waals surface area contributed by atoms with Crippen molar-refractivity contribution >= 4 is 0 Å². The van der Waals surface area contributed by atoms with Crippen LogP contribution in [0.5, 0.6) is 0 Å². The molecule has 0 aromatic carbocycles. The first-order valence-electron chi connectivity index (χ1n) is 3.72. The van der Waals surface area contributed by atoms with Crippen LogP contribution in [0.15, 0.2) is 18.3 Å². The number of nitrogens with zero attached hydrogens (tertiary/aromatic N) is 1. The fourth-order valence-corrected chi connectivity index (χ4v) is 1.08. The Bertz CT molecular complexity index is 218. The van der Waals surface area contributed by atoms with Crippen LogP contribution in [0.1, 0.15) is 12.6 Å². The second-order valence-electron chi connectivity index (χ2n) is 2.64. The molecule has 62 valence electrons. The lowest BCUT2D eigenvalue weighted by molar-refractivity contribution is 0.318. The van der Waals surface area contributed by atoms with Crippen LogP contribution >= 0.6 is 0 Å². The van der Waals surface area contributed by atoms with E-state index in [4.69, 9.17) is 5.73 Å².